The molecule has 0 saturated carbocycles. The normalized spacial score (nSPS) is 15.6. The van der Waals surface area contributed by atoms with Gasteiger partial charge >= 0.3 is 0 Å². The molecule has 3 aromatic rings. The maximum absolute atomic E-state index is 13.3. The highest BCUT2D eigenvalue weighted by atomic mass is 32.2. The summed E-state index contributed by atoms with van der Waals surface area (Å²) in [5.74, 6) is 0.818. The average molecular weight is 457 g/mol. The Morgan fingerprint density at radius 1 is 1.15 bits per heavy atom. The number of benzene rings is 2. The van der Waals surface area contributed by atoms with Gasteiger partial charge < -0.3 is 9.47 Å². The molecule has 0 N–H and O–H groups in total. The molecule has 1 aliphatic rings. The highest BCUT2D eigenvalue weighted by molar-refractivity contribution is 8.18. The molecule has 33 heavy (non-hydrogen) atoms. The van der Waals surface area contributed by atoms with Crippen molar-refractivity contribution >= 4 is 34.6 Å². The summed E-state index contributed by atoms with van der Waals surface area (Å²) in [5, 5.41) is 9.34. The molecule has 0 radical (unpaired) electrons. The zero-order chi connectivity index (χ0) is 23.0. The van der Waals surface area contributed by atoms with E-state index < -0.39 is 0 Å². The van der Waals surface area contributed by atoms with Crippen LogP contribution >= 0.6 is 11.8 Å². The number of rotatable bonds is 7. The lowest BCUT2D eigenvalue weighted by Crippen LogP contribution is -2.28. The first kappa shape index (κ1) is 22.1. The summed E-state index contributed by atoms with van der Waals surface area (Å²) in [7, 11) is 1.53. The zero-order valence-electron chi connectivity index (χ0n) is 17.8. The van der Waals surface area contributed by atoms with Crippen LogP contribution in [0.15, 0.2) is 83.0 Å². The maximum Gasteiger partial charge on any atom is 0.267 e. The standard InChI is InChI=1S/C25H20N4O3S/c1-31-22-14-18(9-10-21(22)32-13-11-26)15-23-24(30)29(17-19-6-5-12-27-16-19)25(33-23)28-20-7-3-2-4-8-20/h2-10,12,14-16H,13,17H2,1H3/b23-15-,28-25?. The number of methoxy groups -OCH3 is 1. The summed E-state index contributed by atoms with van der Waals surface area (Å²) < 4.78 is 10.8. The number of carbonyl (C=O) groups is 1. The predicted octanol–water partition coefficient (Wildman–Crippen LogP) is 4.80. The van der Waals surface area contributed by atoms with Gasteiger partial charge in [0.15, 0.2) is 23.3 Å². The average Bonchev–Trinajstić information content (AvgIpc) is 3.13. The minimum absolute atomic E-state index is 0.0756. The Kier molecular flexibility index (Phi) is 7.03. The van der Waals surface area contributed by atoms with Gasteiger partial charge in [0.25, 0.3) is 5.91 Å². The molecule has 0 bridgehead atoms. The van der Waals surface area contributed by atoms with E-state index in [9.17, 15) is 4.79 Å². The van der Waals surface area contributed by atoms with Crippen LogP contribution in [0.5, 0.6) is 11.5 Å². The molecule has 0 unspecified atom stereocenters. The molecule has 2 aromatic carbocycles. The van der Waals surface area contributed by atoms with Crippen LogP contribution in [0.4, 0.5) is 5.69 Å². The van der Waals surface area contributed by atoms with E-state index in [2.05, 4.69) is 4.98 Å². The van der Waals surface area contributed by atoms with Crippen LogP contribution in [0.3, 0.4) is 0 Å². The molecule has 1 aliphatic heterocycles. The smallest absolute Gasteiger partial charge is 0.267 e. The third-order valence-electron chi connectivity index (χ3n) is 4.71. The number of hydrogen-bond donors (Lipinski definition) is 0. The molecule has 2 heterocycles. The molecule has 1 amide bonds. The van der Waals surface area contributed by atoms with Gasteiger partial charge in [0.2, 0.25) is 0 Å². The number of amides is 1. The fraction of sp³-hybridized carbons (Fsp3) is 0.120. The monoisotopic (exact) mass is 456 g/mol. The molecule has 4 rings (SSSR count). The van der Waals surface area contributed by atoms with E-state index in [1.165, 1.54) is 18.9 Å². The Morgan fingerprint density at radius 2 is 2.00 bits per heavy atom. The number of hydrogen-bond acceptors (Lipinski definition) is 7. The van der Waals surface area contributed by atoms with Crippen molar-refractivity contribution in [3.63, 3.8) is 0 Å². The molecular formula is C25H20N4O3S. The van der Waals surface area contributed by atoms with Gasteiger partial charge in [-0.3, -0.25) is 14.7 Å². The first-order chi connectivity index (χ1) is 16.2. The highest BCUT2D eigenvalue weighted by Gasteiger charge is 2.33. The summed E-state index contributed by atoms with van der Waals surface area (Å²) in [5.41, 5.74) is 2.45. The lowest BCUT2D eigenvalue weighted by molar-refractivity contribution is -0.122. The number of carbonyl (C=O) groups excluding carboxylic acids is 1. The fourth-order valence-corrected chi connectivity index (χ4v) is 4.17. The van der Waals surface area contributed by atoms with Gasteiger partial charge in [0, 0.05) is 12.4 Å². The SMILES string of the molecule is COc1cc(/C=C2\SC(=Nc3ccccc3)N(Cc3cccnc3)C2=O)ccc1OCC#N. The number of nitriles is 1. The minimum atomic E-state index is -0.137. The zero-order valence-corrected chi connectivity index (χ0v) is 18.7. The topological polar surface area (TPSA) is 87.8 Å². The lowest BCUT2D eigenvalue weighted by atomic mass is 10.2. The summed E-state index contributed by atoms with van der Waals surface area (Å²) in [6.45, 7) is 0.292. The van der Waals surface area contributed by atoms with E-state index in [1.807, 2.05) is 54.6 Å². The third kappa shape index (κ3) is 5.40. The Balaban J connectivity index is 1.66. The molecule has 1 saturated heterocycles. The van der Waals surface area contributed by atoms with Crippen molar-refractivity contribution < 1.29 is 14.3 Å². The van der Waals surface area contributed by atoms with Crippen LogP contribution in [-0.2, 0) is 11.3 Å². The van der Waals surface area contributed by atoms with E-state index in [0.29, 0.717) is 28.1 Å². The summed E-state index contributed by atoms with van der Waals surface area (Å²) >= 11 is 1.32. The number of para-hydroxylation sites is 1. The van der Waals surface area contributed by atoms with Gasteiger partial charge in [-0.25, -0.2) is 4.99 Å². The van der Waals surface area contributed by atoms with Crippen LogP contribution in [-0.4, -0.2) is 34.7 Å². The Morgan fingerprint density at radius 3 is 2.73 bits per heavy atom. The number of aromatic nitrogens is 1. The molecule has 0 spiro atoms. The molecular weight excluding hydrogens is 436 g/mol. The molecule has 1 fully saturated rings. The van der Waals surface area contributed by atoms with Gasteiger partial charge in [0.1, 0.15) is 6.07 Å². The molecule has 164 valence electrons. The van der Waals surface area contributed by atoms with Crippen molar-refractivity contribution in [1.82, 2.24) is 9.88 Å². The van der Waals surface area contributed by atoms with Gasteiger partial charge in [-0.1, -0.05) is 30.3 Å². The van der Waals surface area contributed by atoms with Gasteiger partial charge in [0.05, 0.1) is 24.2 Å². The van der Waals surface area contributed by atoms with E-state index in [4.69, 9.17) is 19.7 Å². The van der Waals surface area contributed by atoms with Gasteiger partial charge in [-0.15, -0.1) is 0 Å². The predicted molar refractivity (Wildman–Crippen MR) is 128 cm³/mol. The number of thioether (sulfide) groups is 1. The second kappa shape index (κ2) is 10.5. The van der Waals surface area contributed by atoms with Gasteiger partial charge in [-0.2, -0.15) is 5.26 Å². The van der Waals surface area contributed by atoms with Gasteiger partial charge in [-0.05, 0) is 59.3 Å². The summed E-state index contributed by atoms with van der Waals surface area (Å²) in [6.07, 6.45) is 5.24. The molecule has 1 aromatic heterocycles. The van der Waals surface area contributed by atoms with E-state index in [0.717, 1.165) is 16.8 Å². The van der Waals surface area contributed by atoms with Crippen molar-refractivity contribution in [3.8, 4) is 17.6 Å². The number of aliphatic imine (C=N–C) groups is 1. The Hall–Kier alpha value is -4.09. The first-order valence-corrected chi connectivity index (χ1v) is 10.9. The highest BCUT2D eigenvalue weighted by Crippen LogP contribution is 2.36. The Bertz CT molecular complexity index is 1240. The van der Waals surface area contributed by atoms with E-state index >= 15 is 0 Å². The fourth-order valence-electron chi connectivity index (χ4n) is 3.17. The van der Waals surface area contributed by atoms with Crippen molar-refractivity contribution in [2.45, 2.75) is 6.54 Å². The quantitative estimate of drug-likeness (QED) is 0.475. The van der Waals surface area contributed by atoms with Crippen molar-refractivity contribution in [2.75, 3.05) is 13.7 Å². The Labute approximate surface area is 196 Å². The first-order valence-electron chi connectivity index (χ1n) is 10.1. The lowest BCUT2D eigenvalue weighted by Gasteiger charge is -2.15. The van der Waals surface area contributed by atoms with Crippen molar-refractivity contribution in [3.05, 3.63) is 89.1 Å². The largest absolute Gasteiger partial charge is 0.493 e. The van der Waals surface area contributed by atoms with Crippen molar-refractivity contribution in [1.29, 1.82) is 5.26 Å². The van der Waals surface area contributed by atoms with Crippen LogP contribution in [0, 0.1) is 11.3 Å². The maximum atomic E-state index is 13.3. The number of ether oxygens (including phenoxy) is 2. The summed E-state index contributed by atoms with van der Waals surface area (Å²) in [6, 6.07) is 20.5. The van der Waals surface area contributed by atoms with E-state index in [1.54, 1.807) is 35.5 Å². The second-order valence-corrected chi connectivity index (χ2v) is 7.96. The van der Waals surface area contributed by atoms with Crippen LogP contribution in [0.25, 0.3) is 6.08 Å². The minimum Gasteiger partial charge on any atom is -0.493 e. The number of amidine groups is 1. The van der Waals surface area contributed by atoms with Crippen LogP contribution in [0.2, 0.25) is 0 Å². The molecule has 0 atom stereocenters. The number of pyridine rings is 1. The summed E-state index contributed by atoms with van der Waals surface area (Å²) in [4.78, 5) is 24.4. The van der Waals surface area contributed by atoms with Crippen LogP contribution in [0.1, 0.15) is 11.1 Å². The number of nitrogens with zero attached hydrogens (tertiary/aromatic N) is 4. The van der Waals surface area contributed by atoms with E-state index in [-0.39, 0.29) is 12.5 Å². The van der Waals surface area contributed by atoms with Crippen molar-refractivity contribution in [2.24, 2.45) is 4.99 Å². The second-order valence-electron chi connectivity index (χ2n) is 6.95. The molecule has 0 aliphatic carbocycles. The molecule has 8 heteroatoms. The third-order valence-corrected chi connectivity index (χ3v) is 5.72. The molecule has 7 nitrogen and oxygen atoms in total. The van der Waals surface area contributed by atoms with Crippen LogP contribution < -0.4 is 9.47 Å².